The summed E-state index contributed by atoms with van der Waals surface area (Å²) in [6, 6.07) is 18.4. The molecule has 1 aliphatic carbocycles. The summed E-state index contributed by atoms with van der Waals surface area (Å²) in [5.74, 6) is -1.35. The Kier molecular flexibility index (Phi) is 8.04. The summed E-state index contributed by atoms with van der Waals surface area (Å²) in [5.41, 5.74) is 4.22. The van der Waals surface area contributed by atoms with Gasteiger partial charge in [0.15, 0.2) is 0 Å². The minimum atomic E-state index is -0.546. The Morgan fingerprint density at radius 3 is 2.53 bits per heavy atom. The molecule has 3 aromatic carbocycles. The number of anilines is 2. The fourth-order valence-electron chi connectivity index (χ4n) is 7.80. The van der Waals surface area contributed by atoms with Crippen LogP contribution >= 0.6 is 0 Å². The molecule has 3 fully saturated rings. The van der Waals surface area contributed by atoms with E-state index in [1.54, 1.807) is 29.9 Å². The van der Waals surface area contributed by atoms with Gasteiger partial charge in [-0.25, -0.2) is 4.39 Å². The van der Waals surface area contributed by atoms with E-state index >= 15 is 4.39 Å². The van der Waals surface area contributed by atoms with Gasteiger partial charge in [0.05, 0.1) is 29.2 Å². The van der Waals surface area contributed by atoms with Crippen molar-refractivity contribution in [2.24, 2.45) is 18.9 Å². The van der Waals surface area contributed by atoms with Crippen LogP contribution in [0.4, 0.5) is 15.8 Å². The third kappa shape index (κ3) is 5.70. The van der Waals surface area contributed by atoms with Crippen molar-refractivity contribution in [3.63, 3.8) is 0 Å². The first kappa shape index (κ1) is 29.5. The number of ether oxygens (including phenoxy) is 1. The average Bonchev–Trinajstić information content (AvgIpc) is 3.67. The van der Waals surface area contributed by atoms with Gasteiger partial charge in [-0.1, -0.05) is 30.7 Å². The molecule has 0 bridgehead atoms. The molecule has 4 aromatic rings. The number of halogens is 1. The number of fused-ring (bicyclic) bond motifs is 2. The molecule has 234 valence electrons. The lowest BCUT2D eigenvalue weighted by molar-refractivity contribution is -0.125. The number of aromatic nitrogens is 2. The summed E-state index contributed by atoms with van der Waals surface area (Å²) < 4.78 is 22.6. The van der Waals surface area contributed by atoms with Crippen LogP contribution in [0.5, 0.6) is 0 Å². The van der Waals surface area contributed by atoms with Crippen LogP contribution < -0.4 is 10.6 Å². The van der Waals surface area contributed by atoms with Crippen molar-refractivity contribution < 1.29 is 18.7 Å². The van der Waals surface area contributed by atoms with Gasteiger partial charge in [-0.05, 0) is 92.5 Å². The van der Waals surface area contributed by atoms with Crippen LogP contribution in [-0.2, 0) is 16.6 Å². The molecule has 2 aliphatic heterocycles. The van der Waals surface area contributed by atoms with Crippen molar-refractivity contribution in [2.75, 3.05) is 23.8 Å². The van der Waals surface area contributed by atoms with Crippen LogP contribution in [-0.4, -0.2) is 51.8 Å². The number of carbonyl (C=O) groups is 2. The lowest BCUT2D eigenvalue weighted by Gasteiger charge is -2.48. The van der Waals surface area contributed by atoms with E-state index in [1.165, 1.54) is 6.07 Å². The molecule has 1 aromatic heterocycles. The van der Waals surface area contributed by atoms with Crippen LogP contribution in [0, 0.1) is 24.6 Å². The highest BCUT2D eigenvalue weighted by atomic mass is 19.1. The molecular formula is C36H40FN5O3. The second-order valence-corrected chi connectivity index (χ2v) is 12.9. The minimum absolute atomic E-state index is 0.0580. The molecular weight excluding hydrogens is 569 g/mol. The van der Waals surface area contributed by atoms with Gasteiger partial charge >= 0.3 is 0 Å². The number of carbonyl (C=O) groups excluding carboxylic acids is 2. The number of benzene rings is 3. The zero-order chi connectivity index (χ0) is 31.1. The highest BCUT2D eigenvalue weighted by Crippen LogP contribution is 2.49. The minimum Gasteiger partial charge on any atom is -0.382 e. The number of aryl methyl sites for hydroxylation is 2. The molecule has 2 N–H and O–H groups in total. The number of nitrogens with zero attached hydrogens (tertiary/aromatic N) is 3. The predicted octanol–water partition coefficient (Wildman–Crippen LogP) is 6.62. The van der Waals surface area contributed by atoms with Crippen LogP contribution in [0.25, 0.3) is 10.9 Å². The van der Waals surface area contributed by atoms with E-state index < -0.39 is 17.8 Å². The normalized spacial score (nSPS) is 23.6. The third-order valence-corrected chi connectivity index (χ3v) is 10.1. The highest BCUT2D eigenvalue weighted by molar-refractivity contribution is 5.99. The summed E-state index contributed by atoms with van der Waals surface area (Å²) >= 11 is 0. The number of hydrogen-bond donors (Lipinski definition) is 2. The molecule has 0 unspecified atom stereocenters. The molecule has 4 atom stereocenters. The standard InChI is InChI=1S/C36H40FN5O3/c1-22-5-3-7-30(37)33(22)36(44)42-32-8-4-6-24(32)20-29(35(43)40-28-13-14-31-25(19-28)21-38-41(31)2)34(42)23-9-11-26(12-10-23)39-27-15-17-45-18-16-27/h3,5,7,9-14,19,21,24,27,29,32,34,39H,4,6,8,15-18,20H2,1-2H3,(H,40,43)/t24-,29+,32-,34+/m0/s1. The molecule has 2 amide bonds. The van der Waals surface area contributed by atoms with Gasteiger partial charge < -0.3 is 20.3 Å². The number of rotatable bonds is 6. The SMILES string of the molecule is Cc1cccc(F)c1C(=O)N1[C@H](c2ccc(NC3CCOCC3)cc2)[C@H](C(=O)Nc2ccc3c(cnn3C)c2)C[C@@H]2CCC[C@@H]21. The van der Waals surface area contributed by atoms with Crippen molar-refractivity contribution in [3.05, 3.63) is 89.4 Å². The molecule has 3 aliphatic rings. The lowest BCUT2D eigenvalue weighted by Crippen LogP contribution is -2.54. The number of nitrogens with one attached hydrogen (secondary N) is 2. The van der Waals surface area contributed by atoms with E-state index in [2.05, 4.69) is 15.7 Å². The van der Waals surface area contributed by atoms with Crippen LogP contribution in [0.2, 0.25) is 0 Å². The summed E-state index contributed by atoms with van der Waals surface area (Å²) in [6.07, 6.45) is 7.10. The Labute approximate surface area is 262 Å². The smallest absolute Gasteiger partial charge is 0.257 e. The van der Waals surface area contributed by atoms with E-state index in [4.69, 9.17) is 4.74 Å². The summed E-state index contributed by atoms with van der Waals surface area (Å²) in [4.78, 5) is 30.6. The van der Waals surface area contributed by atoms with E-state index in [0.29, 0.717) is 23.7 Å². The Morgan fingerprint density at radius 2 is 1.76 bits per heavy atom. The predicted molar refractivity (Wildman–Crippen MR) is 173 cm³/mol. The van der Waals surface area contributed by atoms with Crippen LogP contribution in [0.15, 0.2) is 66.9 Å². The number of hydrogen-bond acceptors (Lipinski definition) is 5. The largest absolute Gasteiger partial charge is 0.382 e. The first-order valence-corrected chi connectivity index (χ1v) is 16.1. The van der Waals surface area contributed by atoms with E-state index in [-0.39, 0.29) is 29.3 Å². The molecule has 45 heavy (non-hydrogen) atoms. The molecule has 0 spiro atoms. The summed E-state index contributed by atoms with van der Waals surface area (Å²) in [5, 5.41) is 12.0. The van der Waals surface area contributed by atoms with Gasteiger partial charge in [0, 0.05) is 49.1 Å². The fourth-order valence-corrected chi connectivity index (χ4v) is 7.80. The average molecular weight is 610 g/mol. The van der Waals surface area contributed by atoms with Gasteiger partial charge in [-0.2, -0.15) is 5.10 Å². The van der Waals surface area contributed by atoms with Crippen molar-refractivity contribution in [1.29, 1.82) is 0 Å². The number of piperidine rings is 1. The van der Waals surface area contributed by atoms with Crippen molar-refractivity contribution in [2.45, 2.75) is 63.6 Å². The fraction of sp³-hybridized carbons (Fsp3) is 0.417. The topological polar surface area (TPSA) is 88.5 Å². The third-order valence-electron chi connectivity index (χ3n) is 10.1. The Bertz CT molecular complexity index is 1690. The maximum Gasteiger partial charge on any atom is 0.257 e. The molecule has 0 radical (unpaired) electrons. The van der Waals surface area contributed by atoms with E-state index in [1.807, 2.05) is 54.4 Å². The van der Waals surface area contributed by atoms with Gasteiger partial charge in [-0.3, -0.25) is 14.3 Å². The zero-order valence-electron chi connectivity index (χ0n) is 25.8. The molecule has 9 heteroatoms. The van der Waals surface area contributed by atoms with Crippen molar-refractivity contribution in [3.8, 4) is 0 Å². The maximum atomic E-state index is 15.3. The second-order valence-electron chi connectivity index (χ2n) is 12.9. The molecule has 3 heterocycles. The Morgan fingerprint density at radius 1 is 0.978 bits per heavy atom. The Hall–Kier alpha value is -4.24. The van der Waals surface area contributed by atoms with Gasteiger partial charge in [0.25, 0.3) is 5.91 Å². The summed E-state index contributed by atoms with van der Waals surface area (Å²) in [6.45, 7) is 3.27. The first-order chi connectivity index (χ1) is 21.9. The maximum absolute atomic E-state index is 15.3. The molecule has 1 saturated carbocycles. The molecule has 8 nitrogen and oxygen atoms in total. The number of likely N-dealkylation sites (tertiary alicyclic amines) is 1. The van der Waals surface area contributed by atoms with Crippen molar-refractivity contribution >= 4 is 34.1 Å². The number of amides is 2. The van der Waals surface area contributed by atoms with Gasteiger partial charge in [0.1, 0.15) is 5.82 Å². The Balaban J connectivity index is 1.26. The lowest BCUT2D eigenvalue weighted by atomic mass is 9.76. The van der Waals surface area contributed by atoms with Gasteiger partial charge in [0.2, 0.25) is 5.91 Å². The quantitative estimate of drug-likeness (QED) is 0.257. The summed E-state index contributed by atoms with van der Waals surface area (Å²) in [7, 11) is 1.89. The van der Waals surface area contributed by atoms with E-state index in [9.17, 15) is 9.59 Å². The van der Waals surface area contributed by atoms with E-state index in [0.717, 1.165) is 67.5 Å². The zero-order valence-corrected chi connectivity index (χ0v) is 25.8. The highest BCUT2D eigenvalue weighted by Gasteiger charge is 2.50. The molecule has 2 saturated heterocycles. The first-order valence-electron chi connectivity index (χ1n) is 16.1. The van der Waals surface area contributed by atoms with Crippen LogP contribution in [0.3, 0.4) is 0 Å². The van der Waals surface area contributed by atoms with Crippen molar-refractivity contribution in [1.82, 2.24) is 14.7 Å². The second kappa shape index (κ2) is 12.3. The molecule has 7 rings (SSSR count). The monoisotopic (exact) mass is 609 g/mol. The van der Waals surface area contributed by atoms with Gasteiger partial charge in [-0.15, -0.1) is 0 Å². The van der Waals surface area contributed by atoms with Crippen LogP contribution in [0.1, 0.15) is 66.1 Å².